The first kappa shape index (κ1) is 8.39. The van der Waals surface area contributed by atoms with Gasteiger partial charge in [-0.25, -0.2) is 0 Å². The SMILES string of the molecule is CCCN([SiH3])[SiH](C)C. The van der Waals surface area contributed by atoms with E-state index in [2.05, 4.69) is 24.2 Å². The van der Waals surface area contributed by atoms with E-state index in [4.69, 9.17) is 0 Å². The summed E-state index contributed by atoms with van der Waals surface area (Å²) >= 11 is 0. The van der Waals surface area contributed by atoms with Crippen molar-refractivity contribution in [1.29, 1.82) is 0 Å². The molecular weight excluding hydrogens is 130 g/mol. The Balaban J connectivity index is 3.17. The maximum atomic E-state index is 2.62. The molecule has 0 aliphatic carbocycles. The number of hydrogen-bond donors (Lipinski definition) is 0. The van der Waals surface area contributed by atoms with Crippen molar-refractivity contribution in [3.05, 3.63) is 0 Å². The Bertz CT molecular complexity index is 56.4. The van der Waals surface area contributed by atoms with Crippen LogP contribution in [0.1, 0.15) is 13.3 Å². The Morgan fingerprint density at radius 2 is 2.00 bits per heavy atom. The van der Waals surface area contributed by atoms with Gasteiger partial charge in [-0.05, 0) is 13.0 Å². The van der Waals surface area contributed by atoms with Crippen LogP contribution in [-0.2, 0) is 0 Å². The van der Waals surface area contributed by atoms with Gasteiger partial charge in [0.05, 0.1) is 19.4 Å². The number of rotatable bonds is 3. The zero-order chi connectivity index (χ0) is 6.57. The van der Waals surface area contributed by atoms with Gasteiger partial charge in [-0.15, -0.1) is 0 Å². The Morgan fingerprint density at radius 1 is 1.50 bits per heavy atom. The van der Waals surface area contributed by atoms with Crippen LogP contribution < -0.4 is 0 Å². The molecule has 0 aromatic carbocycles. The minimum absolute atomic E-state index is 0.387. The molecule has 0 amide bonds. The third-order valence-corrected chi connectivity index (χ3v) is 7.02. The fourth-order valence-electron chi connectivity index (χ4n) is 0.611. The molecule has 0 bridgehead atoms. The molecular formula is C5H17NSi2. The van der Waals surface area contributed by atoms with Gasteiger partial charge in [0, 0.05) is 0 Å². The van der Waals surface area contributed by atoms with E-state index < -0.39 is 0 Å². The molecule has 0 unspecified atom stereocenters. The van der Waals surface area contributed by atoms with Gasteiger partial charge in [0.15, 0.2) is 0 Å². The summed E-state index contributed by atoms with van der Waals surface area (Å²) in [6, 6.07) is 0. The van der Waals surface area contributed by atoms with Gasteiger partial charge in [-0.2, -0.15) is 0 Å². The van der Waals surface area contributed by atoms with Crippen LogP contribution >= 0.6 is 0 Å². The Labute approximate surface area is 57.3 Å². The minimum Gasteiger partial charge on any atom is -0.356 e. The summed E-state index contributed by atoms with van der Waals surface area (Å²) in [6.45, 7) is 8.38. The maximum absolute atomic E-state index is 2.62. The molecule has 0 heterocycles. The lowest BCUT2D eigenvalue weighted by Crippen LogP contribution is -2.32. The van der Waals surface area contributed by atoms with Crippen molar-refractivity contribution in [3.8, 4) is 0 Å². The van der Waals surface area contributed by atoms with E-state index in [1.165, 1.54) is 23.4 Å². The molecule has 0 rings (SSSR count). The van der Waals surface area contributed by atoms with Crippen molar-refractivity contribution in [2.75, 3.05) is 6.54 Å². The molecule has 0 atom stereocenters. The Hall–Kier alpha value is 0.394. The Kier molecular flexibility index (Phi) is 4.50. The van der Waals surface area contributed by atoms with Gasteiger partial charge in [-0.1, -0.05) is 20.0 Å². The monoisotopic (exact) mass is 147 g/mol. The van der Waals surface area contributed by atoms with E-state index in [0.29, 0.717) is 0 Å². The van der Waals surface area contributed by atoms with Crippen LogP contribution in [0, 0.1) is 0 Å². The molecule has 0 radical (unpaired) electrons. The highest BCUT2D eigenvalue weighted by atomic mass is 28.3. The van der Waals surface area contributed by atoms with Gasteiger partial charge in [0.2, 0.25) is 0 Å². The fourth-order valence-corrected chi connectivity index (χ4v) is 1.83. The molecule has 0 aromatic rings. The highest BCUT2D eigenvalue weighted by Crippen LogP contribution is 1.89. The van der Waals surface area contributed by atoms with E-state index in [9.17, 15) is 0 Å². The number of nitrogens with zero attached hydrogens (tertiary/aromatic N) is 1. The lowest BCUT2D eigenvalue weighted by molar-refractivity contribution is 0.653. The van der Waals surface area contributed by atoms with Gasteiger partial charge < -0.3 is 4.23 Å². The third-order valence-electron chi connectivity index (χ3n) is 1.46. The van der Waals surface area contributed by atoms with Crippen molar-refractivity contribution >= 4 is 19.4 Å². The highest BCUT2D eigenvalue weighted by molar-refractivity contribution is 6.58. The predicted molar refractivity (Wildman–Crippen MR) is 45.8 cm³/mol. The quantitative estimate of drug-likeness (QED) is 0.507. The van der Waals surface area contributed by atoms with E-state index in [0.717, 1.165) is 0 Å². The van der Waals surface area contributed by atoms with Crippen LogP contribution in [0.2, 0.25) is 13.1 Å². The molecule has 0 spiro atoms. The maximum Gasteiger partial charge on any atom is 0.0976 e. The Morgan fingerprint density at radius 3 is 2.12 bits per heavy atom. The molecule has 0 fully saturated rings. The first-order chi connectivity index (χ1) is 3.68. The van der Waals surface area contributed by atoms with Crippen LogP contribution in [0.5, 0.6) is 0 Å². The third kappa shape index (κ3) is 3.40. The normalized spacial score (nSPS) is 11.6. The second-order valence-corrected chi connectivity index (χ2v) is 7.83. The highest BCUT2D eigenvalue weighted by Gasteiger charge is 1.99. The van der Waals surface area contributed by atoms with Crippen LogP contribution in [0.25, 0.3) is 0 Å². The van der Waals surface area contributed by atoms with Crippen molar-refractivity contribution in [2.45, 2.75) is 26.4 Å². The zero-order valence-corrected chi connectivity index (χ0v) is 9.59. The molecule has 0 saturated carbocycles. The van der Waals surface area contributed by atoms with Crippen LogP contribution in [0.15, 0.2) is 0 Å². The summed E-state index contributed by atoms with van der Waals surface area (Å²) in [6.07, 6.45) is 1.33. The van der Waals surface area contributed by atoms with Crippen LogP contribution in [0.3, 0.4) is 0 Å². The van der Waals surface area contributed by atoms with Crippen molar-refractivity contribution in [1.82, 2.24) is 4.23 Å². The topological polar surface area (TPSA) is 3.24 Å². The average Bonchev–Trinajstić information content (AvgIpc) is 1.67. The van der Waals surface area contributed by atoms with E-state index in [-0.39, 0.29) is 8.96 Å². The van der Waals surface area contributed by atoms with Gasteiger partial charge in [0.1, 0.15) is 0 Å². The molecule has 0 aliphatic heterocycles. The molecule has 1 nitrogen and oxygen atoms in total. The molecule has 0 saturated heterocycles. The minimum atomic E-state index is -0.387. The average molecular weight is 147 g/mol. The fraction of sp³-hybridized carbons (Fsp3) is 1.00. The van der Waals surface area contributed by atoms with Gasteiger partial charge in [-0.3, -0.25) is 0 Å². The first-order valence-electron chi connectivity index (χ1n) is 3.38. The second-order valence-electron chi connectivity index (χ2n) is 2.57. The zero-order valence-electron chi connectivity index (χ0n) is 6.44. The van der Waals surface area contributed by atoms with E-state index >= 15 is 0 Å². The van der Waals surface area contributed by atoms with E-state index in [1.807, 2.05) is 0 Å². The van der Waals surface area contributed by atoms with Gasteiger partial charge >= 0.3 is 0 Å². The van der Waals surface area contributed by atoms with Crippen molar-refractivity contribution in [2.24, 2.45) is 0 Å². The number of hydrogen-bond acceptors (Lipinski definition) is 1. The molecule has 0 aromatic heterocycles. The largest absolute Gasteiger partial charge is 0.356 e. The lowest BCUT2D eigenvalue weighted by Gasteiger charge is -2.18. The van der Waals surface area contributed by atoms with Gasteiger partial charge in [0.25, 0.3) is 0 Å². The lowest BCUT2D eigenvalue weighted by atomic mass is 10.5. The summed E-state index contributed by atoms with van der Waals surface area (Å²) in [5.74, 6) is 0. The standard InChI is InChI=1S/C5H17NSi2/c1-4-5-6(7)8(2)3/h8H,4-5H2,1-3,7H3. The smallest absolute Gasteiger partial charge is 0.0976 e. The predicted octanol–water partition coefficient (Wildman–Crippen LogP) is -0.0378. The molecule has 50 valence electrons. The van der Waals surface area contributed by atoms with E-state index in [1.54, 1.807) is 0 Å². The summed E-state index contributed by atoms with van der Waals surface area (Å²) < 4.78 is 2.62. The summed E-state index contributed by atoms with van der Waals surface area (Å²) in [5.41, 5.74) is 0. The molecule has 0 aliphatic rings. The first-order valence-corrected chi connectivity index (χ1v) is 7.10. The molecule has 8 heavy (non-hydrogen) atoms. The summed E-state index contributed by atoms with van der Waals surface area (Å²) in [4.78, 5) is 0. The summed E-state index contributed by atoms with van der Waals surface area (Å²) in [5, 5.41) is 0. The van der Waals surface area contributed by atoms with Crippen molar-refractivity contribution < 1.29 is 0 Å². The van der Waals surface area contributed by atoms with Crippen LogP contribution in [0.4, 0.5) is 0 Å². The molecule has 0 N–H and O–H groups in total. The van der Waals surface area contributed by atoms with Crippen LogP contribution in [-0.4, -0.2) is 30.1 Å². The molecule has 3 heteroatoms. The van der Waals surface area contributed by atoms with Crippen molar-refractivity contribution in [3.63, 3.8) is 0 Å². The second kappa shape index (κ2) is 4.29. The summed E-state index contributed by atoms with van der Waals surface area (Å²) in [7, 11) is 0.891.